The first-order valence-corrected chi connectivity index (χ1v) is 9.33. The van der Waals surface area contributed by atoms with Crippen LogP contribution in [0, 0.1) is 0 Å². The molecule has 1 fully saturated rings. The number of nitrogens with zero attached hydrogens (tertiary/aromatic N) is 1. The maximum Gasteiger partial charge on any atom is 0.573 e. The Hall–Kier alpha value is -1.32. The Balaban J connectivity index is 1.92. The standard InChI is InChI=1S/C15H21F3N2O3S/c16-15(17,18)23-13-7-2-3-8-14(13)24(21,22)19-9-6-12-20-10-4-1-5-11-20/h2-3,7-8,19H,1,4-6,9-12H2. The molecule has 1 aliphatic rings. The maximum atomic E-state index is 12.4. The van der Waals surface area contributed by atoms with E-state index in [1.165, 1.54) is 18.6 Å². The van der Waals surface area contributed by atoms with Crippen LogP contribution in [0.5, 0.6) is 5.75 Å². The summed E-state index contributed by atoms with van der Waals surface area (Å²) in [7, 11) is -4.06. The Morgan fingerprint density at radius 3 is 2.46 bits per heavy atom. The minimum atomic E-state index is -4.94. The average Bonchev–Trinajstić information content (AvgIpc) is 2.51. The van der Waals surface area contributed by atoms with Crippen molar-refractivity contribution < 1.29 is 26.3 Å². The lowest BCUT2D eigenvalue weighted by molar-refractivity contribution is -0.275. The van der Waals surface area contributed by atoms with Crippen LogP contribution >= 0.6 is 0 Å². The second kappa shape index (κ2) is 8.17. The first-order chi connectivity index (χ1) is 11.3. The summed E-state index contributed by atoms with van der Waals surface area (Å²) in [4.78, 5) is 1.75. The minimum Gasteiger partial charge on any atom is -0.404 e. The van der Waals surface area contributed by atoms with E-state index in [9.17, 15) is 21.6 Å². The molecule has 0 aliphatic carbocycles. The van der Waals surface area contributed by atoms with E-state index in [-0.39, 0.29) is 6.54 Å². The number of likely N-dealkylation sites (tertiary alicyclic amines) is 1. The van der Waals surface area contributed by atoms with Crippen LogP contribution < -0.4 is 9.46 Å². The molecular formula is C15H21F3N2O3S. The second-order valence-corrected chi connectivity index (χ2v) is 7.38. The molecule has 24 heavy (non-hydrogen) atoms. The first-order valence-electron chi connectivity index (χ1n) is 7.85. The summed E-state index contributed by atoms with van der Waals surface area (Å²) >= 11 is 0. The molecule has 0 amide bonds. The van der Waals surface area contributed by atoms with Crippen LogP contribution in [0.15, 0.2) is 29.2 Å². The summed E-state index contributed by atoms with van der Waals surface area (Å²) in [5.41, 5.74) is 0. The average molecular weight is 366 g/mol. The monoisotopic (exact) mass is 366 g/mol. The van der Waals surface area contributed by atoms with E-state index in [4.69, 9.17) is 0 Å². The maximum absolute atomic E-state index is 12.4. The fraction of sp³-hybridized carbons (Fsp3) is 0.600. The minimum absolute atomic E-state index is 0.166. The van der Waals surface area contributed by atoms with Crippen LogP contribution in [0.4, 0.5) is 13.2 Å². The van der Waals surface area contributed by atoms with Gasteiger partial charge in [-0.25, -0.2) is 13.1 Å². The summed E-state index contributed by atoms with van der Waals surface area (Å²) in [6, 6.07) is 4.71. The molecule has 0 aromatic heterocycles. The fourth-order valence-electron chi connectivity index (χ4n) is 2.65. The van der Waals surface area contributed by atoms with Gasteiger partial charge in [0.15, 0.2) is 0 Å². The highest BCUT2D eigenvalue weighted by Crippen LogP contribution is 2.29. The Morgan fingerprint density at radius 1 is 1.12 bits per heavy atom. The lowest BCUT2D eigenvalue weighted by Crippen LogP contribution is -2.33. The number of benzene rings is 1. The van der Waals surface area contributed by atoms with Crippen molar-refractivity contribution in [2.24, 2.45) is 0 Å². The largest absolute Gasteiger partial charge is 0.573 e. The van der Waals surface area contributed by atoms with Crippen molar-refractivity contribution in [1.29, 1.82) is 0 Å². The number of alkyl halides is 3. The molecule has 1 aliphatic heterocycles. The molecule has 0 saturated carbocycles. The molecule has 0 spiro atoms. The molecule has 1 saturated heterocycles. The quantitative estimate of drug-likeness (QED) is 0.754. The highest BCUT2D eigenvalue weighted by molar-refractivity contribution is 7.89. The van der Waals surface area contributed by atoms with E-state index < -0.39 is 27.0 Å². The summed E-state index contributed by atoms with van der Waals surface area (Å²) in [6.07, 6.45) is -0.831. The molecule has 0 atom stereocenters. The summed E-state index contributed by atoms with van der Waals surface area (Å²) in [6.45, 7) is 2.95. The number of sulfonamides is 1. The summed E-state index contributed by atoms with van der Waals surface area (Å²) < 4.78 is 67.7. The number of rotatable bonds is 7. The van der Waals surface area contributed by atoms with Crippen molar-refractivity contribution in [1.82, 2.24) is 9.62 Å². The fourth-order valence-corrected chi connectivity index (χ4v) is 3.85. The summed E-state index contributed by atoms with van der Waals surface area (Å²) in [5.74, 6) is -0.728. The highest BCUT2D eigenvalue weighted by Gasteiger charge is 2.33. The molecule has 1 aromatic carbocycles. The van der Waals surface area contributed by atoms with E-state index in [0.717, 1.165) is 44.6 Å². The smallest absolute Gasteiger partial charge is 0.404 e. The van der Waals surface area contributed by atoms with Gasteiger partial charge < -0.3 is 9.64 Å². The van der Waals surface area contributed by atoms with Crippen molar-refractivity contribution in [3.63, 3.8) is 0 Å². The number of halogens is 3. The first kappa shape index (κ1) is 19.0. The molecule has 9 heteroatoms. The third-order valence-corrected chi connectivity index (χ3v) is 5.26. The molecule has 2 rings (SSSR count). The lowest BCUT2D eigenvalue weighted by Gasteiger charge is -2.26. The molecule has 1 aromatic rings. The third kappa shape index (κ3) is 5.95. The zero-order valence-electron chi connectivity index (χ0n) is 13.2. The Kier molecular flexibility index (Phi) is 6.47. The van der Waals surface area contributed by atoms with Crippen LogP contribution in [-0.4, -0.2) is 45.9 Å². The van der Waals surface area contributed by atoms with E-state index in [2.05, 4.69) is 14.4 Å². The van der Waals surface area contributed by atoms with Gasteiger partial charge >= 0.3 is 6.36 Å². The van der Waals surface area contributed by atoms with Crippen LogP contribution in [0.3, 0.4) is 0 Å². The molecule has 0 unspecified atom stereocenters. The molecular weight excluding hydrogens is 345 g/mol. The van der Waals surface area contributed by atoms with Gasteiger partial charge in [-0.15, -0.1) is 13.2 Å². The molecule has 1 heterocycles. The number of hydrogen-bond donors (Lipinski definition) is 1. The van der Waals surface area contributed by atoms with E-state index >= 15 is 0 Å². The van der Waals surface area contributed by atoms with Gasteiger partial charge in [0.25, 0.3) is 0 Å². The predicted molar refractivity (Wildman–Crippen MR) is 83.2 cm³/mol. The van der Waals surface area contributed by atoms with E-state index in [0.29, 0.717) is 6.42 Å². The topological polar surface area (TPSA) is 58.6 Å². The van der Waals surface area contributed by atoms with Gasteiger partial charge in [-0.2, -0.15) is 0 Å². The molecule has 0 bridgehead atoms. The van der Waals surface area contributed by atoms with Crippen molar-refractivity contribution >= 4 is 10.0 Å². The van der Waals surface area contributed by atoms with Crippen LogP contribution in [0.2, 0.25) is 0 Å². The molecule has 1 N–H and O–H groups in total. The summed E-state index contributed by atoms with van der Waals surface area (Å²) in [5, 5.41) is 0. The molecule has 136 valence electrons. The van der Waals surface area contributed by atoms with Gasteiger partial charge in [0.05, 0.1) is 0 Å². The van der Waals surface area contributed by atoms with Crippen molar-refractivity contribution in [3.8, 4) is 5.75 Å². The van der Waals surface area contributed by atoms with Crippen molar-refractivity contribution in [3.05, 3.63) is 24.3 Å². The van der Waals surface area contributed by atoms with Gasteiger partial charge in [-0.05, 0) is 51.0 Å². The Labute approximate surface area is 139 Å². The zero-order chi connectivity index (χ0) is 17.6. The highest BCUT2D eigenvalue weighted by atomic mass is 32.2. The van der Waals surface area contributed by atoms with Crippen molar-refractivity contribution in [2.75, 3.05) is 26.2 Å². The number of para-hydroxylation sites is 1. The molecule has 5 nitrogen and oxygen atoms in total. The predicted octanol–water partition coefficient (Wildman–Crippen LogP) is 2.74. The lowest BCUT2D eigenvalue weighted by atomic mass is 10.1. The van der Waals surface area contributed by atoms with Gasteiger partial charge in [-0.1, -0.05) is 18.6 Å². The zero-order valence-corrected chi connectivity index (χ0v) is 14.0. The molecule has 0 radical (unpaired) electrons. The van der Waals surface area contributed by atoms with Crippen LogP contribution in [0.1, 0.15) is 25.7 Å². The number of ether oxygens (including phenoxy) is 1. The number of hydrogen-bond acceptors (Lipinski definition) is 4. The van der Waals surface area contributed by atoms with Crippen LogP contribution in [-0.2, 0) is 10.0 Å². The normalized spacial score (nSPS) is 17.0. The van der Waals surface area contributed by atoms with Gasteiger partial charge in [0, 0.05) is 6.54 Å². The van der Waals surface area contributed by atoms with Gasteiger partial charge in [-0.3, -0.25) is 0 Å². The Bertz CT molecular complexity index is 629. The number of nitrogens with one attached hydrogen (secondary N) is 1. The van der Waals surface area contributed by atoms with E-state index in [1.54, 1.807) is 0 Å². The Morgan fingerprint density at radius 2 is 1.79 bits per heavy atom. The van der Waals surface area contributed by atoms with Gasteiger partial charge in [0.1, 0.15) is 10.6 Å². The van der Waals surface area contributed by atoms with E-state index in [1.807, 2.05) is 0 Å². The van der Waals surface area contributed by atoms with Crippen LogP contribution in [0.25, 0.3) is 0 Å². The SMILES string of the molecule is O=S(=O)(NCCCN1CCCCC1)c1ccccc1OC(F)(F)F. The van der Waals surface area contributed by atoms with Gasteiger partial charge in [0.2, 0.25) is 10.0 Å². The van der Waals surface area contributed by atoms with Crippen molar-refractivity contribution in [2.45, 2.75) is 36.9 Å². The second-order valence-electron chi connectivity index (χ2n) is 5.65. The number of piperidine rings is 1. The third-order valence-electron chi connectivity index (χ3n) is 3.76.